The second-order valence-corrected chi connectivity index (χ2v) is 8.19. The highest BCUT2D eigenvalue weighted by Crippen LogP contribution is 2.24. The molecule has 9 heteroatoms. The monoisotopic (exact) mass is 470 g/mol. The number of piperazine rings is 1. The van der Waals surface area contributed by atoms with Crippen LogP contribution in [0.3, 0.4) is 0 Å². The summed E-state index contributed by atoms with van der Waals surface area (Å²) < 4.78 is 12.6. The summed E-state index contributed by atoms with van der Waals surface area (Å²) in [4.78, 5) is 38.3. The summed E-state index contributed by atoms with van der Waals surface area (Å²) >= 11 is 0. The van der Waals surface area contributed by atoms with E-state index < -0.39 is 0 Å². The average Bonchev–Trinajstić information content (AvgIpc) is 2.90. The molecule has 0 amide bonds. The van der Waals surface area contributed by atoms with Crippen LogP contribution in [-0.4, -0.2) is 39.6 Å². The highest BCUT2D eigenvalue weighted by molar-refractivity contribution is 5.81. The molecule has 3 N–H and O–H groups in total. The number of nitrogens with zero attached hydrogens (tertiary/aromatic N) is 3. The fourth-order valence-corrected chi connectivity index (χ4v) is 4.19. The molecule has 1 fully saturated rings. The van der Waals surface area contributed by atoms with Gasteiger partial charge in [-0.3, -0.25) is 9.59 Å². The van der Waals surface area contributed by atoms with Gasteiger partial charge < -0.3 is 20.2 Å². The Morgan fingerprint density at radius 1 is 0.829 bits per heavy atom. The zero-order valence-corrected chi connectivity index (χ0v) is 18.7. The number of fused-ring (bicyclic) bond motifs is 2. The normalized spacial score (nSPS) is 15.6. The number of nitrogens with one attached hydrogen (secondary N) is 3. The van der Waals surface area contributed by atoms with Gasteiger partial charge in [0.2, 0.25) is 0 Å². The topological polar surface area (TPSA) is 107 Å². The number of aromatic amines is 2. The lowest BCUT2D eigenvalue weighted by atomic mass is 10.0. The molecule has 1 unspecified atom stereocenters. The third kappa shape index (κ3) is 4.95. The van der Waals surface area contributed by atoms with Crippen molar-refractivity contribution < 1.29 is 4.39 Å². The lowest BCUT2D eigenvalue weighted by Crippen LogP contribution is -2.45. The molecule has 1 atom stereocenters. The van der Waals surface area contributed by atoms with Crippen molar-refractivity contribution in [3.8, 4) is 0 Å². The Balaban J connectivity index is 0.000000178. The predicted molar refractivity (Wildman–Crippen MR) is 134 cm³/mol. The molecule has 6 rings (SSSR count). The van der Waals surface area contributed by atoms with E-state index in [1.807, 2.05) is 24.3 Å². The van der Waals surface area contributed by atoms with Gasteiger partial charge in [0, 0.05) is 37.4 Å². The molecule has 1 saturated heterocycles. The molecular formula is C26H23FN6O2. The molecule has 1 aliphatic rings. The Kier molecular flexibility index (Phi) is 6.32. The second-order valence-electron chi connectivity index (χ2n) is 8.19. The minimum absolute atomic E-state index is 0.0935. The molecule has 0 radical (unpaired) electrons. The molecule has 176 valence electrons. The summed E-state index contributed by atoms with van der Waals surface area (Å²) in [5, 5.41) is 4.60. The maximum absolute atomic E-state index is 12.6. The number of rotatable bonds is 2. The molecule has 8 nitrogen and oxygen atoms in total. The van der Waals surface area contributed by atoms with Gasteiger partial charge in [-0.1, -0.05) is 30.3 Å². The Morgan fingerprint density at radius 2 is 1.49 bits per heavy atom. The van der Waals surface area contributed by atoms with Crippen LogP contribution in [0.5, 0.6) is 0 Å². The van der Waals surface area contributed by atoms with Crippen LogP contribution in [0.25, 0.3) is 21.8 Å². The maximum atomic E-state index is 12.6. The number of anilines is 1. The van der Waals surface area contributed by atoms with E-state index in [2.05, 4.69) is 54.4 Å². The minimum Gasteiger partial charge on any atom is -0.368 e. The molecule has 35 heavy (non-hydrogen) atoms. The Morgan fingerprint density at radius 3 is 2.20 bits per heavy atom. The van der Waals surface area contributed by atoms with Crippen molar-refractivity contribution in [3.05, 3.63) is 111 Å². The van der Waals surface area contributed by atoms with Crippen LogP contribution < -0.4 is 21.3 Å². The van der Waals surface area contributed by atoms with Gasteiger partial charge in [-0.15, -0.1) is 0 Å². The van der Waals surface area contributed by atoms with Gasteiger partial charge in [0.05, 0.1) is 34.5 Å². The molecule has 0 aliphatic carbocycles. The zero-order chi connectivity index (χ0) is 24.2. The Bertz CT molecular complexity index is 1580. The largest absolute Gasteiger partial charge is 0.368 e. The highest BCUT2D eigenvalue weighted by atomic mass is 19.1. The van der Waals surface area contributed by atoms with E-state index in [-0.39, 0.29) is 16.9 Å². The fraction of sp³-hybridized carbons (Fsp3) is 0.154. The zero-order valence-electron chi connectivity index (χ0n) is 18.7. The van der Waals surface area contributed by atoms with Gasteiger partial charge in [-0.2, -0.15) is 0 Å². The van der Waals surface area contributed by atoms with Crippen LogP contribution in [0.15, 0.2) is 89.0 Å². The molecule has 0 spiro atoms. The van der Waals surface area contributed by atoms with Gasteiger partial charge >= 0.3 is 0 Å². The van der Waals surface area contributed by atoms with Crippen molar-refractivity contribution in [3.63, 3.8) is 0 Å². The van der Waals surface area contributed by atoms with E-state index in [4.69, 9.17) is 0 Å². The number of aromatic nitrogens is 4. The van der Waals surface area contributed by atoms with Crippen molar-refractivity contribution in [2.24, 2.45) is 0 Å². The van der Waals surface area contributed by atoms with E-state index in [1.54, 1.807) is 0 Å². The summed E-state index contributed by atoms with van der Waals surface area (Å²) in [6.07, 6.45) is 2.71. The van der Waals surface area contributed by atoms with Crippen molar-refractivity contribution in [1.29, 1.82) is 0 Å². The van der Waals surface area contributed by atoms with Crippen molar-refractivity contribution in [2.45, 2.75) is 6.04 Å². The van der Waals surface area contributed by atoms with E-state index in [0.29, 0.717) is 22.3 Å². The smallest absolute Gasteiger partial charge is 0.258 e. The van der Waals surface area contributed by atoms with Crippen LogP contribution in [0, 0.1) is 5.82 Å². The van der Waals surface area contributed by atoms with Crippen molar-refractivity contribution in [2.75, 3.05) is 24.5 Å². The van der Waals surface area contributed by atoms with E-state index >= 15 is 0 Å². The second kappa shape index (κ2) is 9.86. The van der Waals surface area contributed by atoms with Crippen LogP contribution >= 0.6 is 0 Å². The van der Waals surface area contributed by atoms with Gasteiger partial charge in [0.25, 0.3) is 11.1 Å². The van der Waals surface area contributed by atoms with E-state index in [1.165, 1.54) is 36.4 Å². The van der Waals surface area contributed by atoms with Gasteiger partial charge in [-0.25, -0.2) is 14.4 Å². The van der Waals surface area contributed by atoms with E-state index in [0.717, 1.165) is 30.8 Å². The third-order valence-corrected chi connectivity index (χ3v) is 5.97. The quantitative estimate of drug-likeness (QED) is 0.366. The number of H-pyrrole nitrogens is 2. The minimum atomic E-state index is -0.388. The molecule has 2 aromatic heterocycles. The molecule has 0 bridgehead atoms. The van der Waals surface area contributed by atoms with Crippen LogP contribution in [0.4, 0.5) is 10.1 Å². The fourth-order valence-electron chi connectivity index (χ4n) is 4.19. The number of hydrogen-bond donors (Lipinski definition) is 3. The Hall–Kier alpha value is -4.37. The molecule has 0 saturated carbocycles. The van der Waals surface area contributed by atoms with Gasteiger partial charge in [0.15, 0.2) is 0 Å². The van der Waals surface area contributed by atoms with Gasteiger partial charge in [-0.05, 0) is 35.9 Å². The number of hydrogen-bond acceptors (Lipinski definition) is 6. The standard InChI is InChI=1S/C18H18N4O.C8H5FN2O/c23-18-15-7-6-14(10-16(15)20-12-21-18)22-9-8-19-17(11-22)13-4-2-1-3-5-13;9-5-1-2-6-7(3-5)10-4-11-8(6)12/h1-7,10,12,17,19H,8-9,11H2,(H,20,21,23);1-4H,(H,10,11,12). The summed E-state index contributed by atoms with van der Waals surface area (Å²) in [6.45, 7) is 2.77. The highest BCUT2D eigenvalue weighted by Gasteiger charge is 2.21. The molecular weight excluding hydrogens is 447 g/mol. The lowest BCUT2D eigenvalue weighted by Gasteiger charge is -2.35. The first-order valence-electron chi connectivity index (χ1n) is 11.2. The average molecular weight is 471 g/mol. The maximum Gasteiger partial charge on any atom is 0.258 e. The summed E-state index contributed by atoms with van der Waals surface area (Å²) in [5.74, 6) is -0.388. The van der Waals surface area contributed by atoms with Crippen LogP contribution in [-0.2, 0) is 0 Å². The molecule has 1 aliphatic heterocycles. The SMILES string of the molecule is O=c1[nH]cnc2cc(F)ccc12.O=c1[nH]cnc2cc(N3CCNC(c4ccccc4)C3)ccc12. The first-order valence-corrected chi connectivity index (χ1v) is 11.2. The van der Waals surface area contributed by atoms with E-state index in [9.17, 15) is 14.0 Å². The van der Waals surface area contributed by atoms with Crippen molar-refractivity contribution >= 4 is 27.5 Å². The number of benzene rings is 3. The predicted octanol–water partition coefficient (Wildman–Crippen LogP) is 3.14. The van der Waals surface area contributed by atoms with Crippen molar-refractivity contribution in [1.82, 2.24) is 25.3 Å². The molecule has 3 heterocycles. The van der Waals surface area contributed by atoms with Crippen LogP contribution in [0.2, 0.25) is 0 Å². The third-order valence-electron chi connectivity index (χ3n) is 5.97. The first kappa shape index (κ1) is 22.4. The van der Waals surface area contributed by atoms with Gasteiger partial charge in [0.1, 0.15) is 5.82 Å². The van der Waals surface area contributed by atoms with Crippen LogP contribution in [0.1, 0.15) is 11.6 Å². The summed E-state index contributed by atoms with van der Waals surface area (Å²) in [6, 6.07) is 20.5. The molecule has 3 aromatic carbocycles. The summed E-state index contributed by atoms with van der Waals surface area (Å²) in [7, 11) is 0. The number of halogens is 1. The first-order chi connectivity index (χ1) is 17.1. The molecule has 5 aromatic rings. The lowest BCUT2D eigenvalue weighted by molar-refractivity contribution is 0.472. The Labute approximate surface area is 199 Å². The summed E-state index contributed by atoms with van der Waals surface area (Å²) in [5.41, 5.74) is 3.18.